The highest BCUT2D eigenvalue weighted by Gasteiger charge is 2.14. The molecule has 7 nitrogen and oxygen atoms in total. The summed E-state index contributed by atoms with van der Waals surface area (Å²) in [4.78, 5) is 21.3. The minimum Gasteiger partial charge on any atom is -0.275 e. The highest BCUT2D eigenvalue weighted by molar-refractivity contribution is 5.57. The zero-order chi connectivity index (χ0) is 17.9. The van der Waals surface area contributed by atoms with Gasteiger partial charge in [0.05, 0.1) is 11.9 Å². The van der Waals surface area contributed by atoms with Gasteiger partial charge in [-0.05, 0) is 17.7 Å². The largest absolute Gasteiger partial charge is 0.277 e. The van der Waals surface area contributed by atoms with E-state index in [9.17, 15) is 4.79 Å². The summed E-state index contributed by atoms with van der Waals surface area (Å²) in [5.41, 5.74) is 2.92. The van der Waals surface area contributed by atoms with E-state index in [0.717, 1.165) is 11.1 Å². The molecule has 7 heteroatoms. The maximum Gasteiger partial charge on any atom is 0.277 e. The Balaban J connectivity index is 1.88. The van der Waals surface area contributed by atoms with Gasteiger partial charge in [-0.2, -0.15) is 14.9 Å². The molecule has 4 aromatic rings. The number of rotatable bonds is 4. The van der Waals surface area contributed by atoms with Crippen LogP contribution in [0.4, 0.5) is 0 Å². The molecule has 0 bridgehead atoms. The van der Waals surface area contributed by atoms with Crippen molar-refractivity contribution in [3.63, 3.8) is 0 Å². The number of aromatic nitrogens is 6. The second-order valence-corrected chi connectivity index (χ2v) is 5.89. The lowest BCUT2D eigenvalue weighted by molar-refractivity contribution is 0.744. The third-order valence-electron chi connectivity index (χ3n) is 3.97. The molecule has 3 aromatic heterocycles. The van der Waals surface area contributed by atoms with Crippen LogP contribution < -0.4 is 5.56 Å². The lowest BCUT2D eigenvalue weighted by atomic mass is 10.1. The molecule has 0 atom stereocenters. The molecule has 0 spiro atoms. The molecule has 0 amide bonds. The smallest absolute Gasteiger partial charge is 0.275 e. The van der Waals surface area contributed by atoms with Crippen molar-refractivity contribution in [1.29, 1.82) is 0 Å². The van der Waals surface area contributed by atoms with E-state index in [1.165, 1.54) is 4.68 Å². The van der Waals surface area contributed by atoms with Gasteiger partial charge >= 0.3 is 0 Å². The average molecular weight is 344 g/mol. The summed E-state index contributed by atoms with van der Waals surface area (Å²) in [7, 11) is 1.84. The summed E-state index contributed by atoms with van der Waals surface area (Å²) in [6, 6.07) is 13.4. The van der Waals surface area contributed by atoms with E-state index in [2.05, 4.69) is 20.2 Å². The SMILES string of the molecule is Cn1cc(-c2cc(Cc3ccccc3)c(=O)n(-c3ncccn3)n2)cn1. The molecule has 26 heavy (non-hydrogen) atoms. The molecular weight excluding hydrogens is 328 g/mol. The third-order valence-corrected chi connectivity index (χ3v) is 3.97. The molecule has 3 heterocycles. The van der Waals surface area contributed by atoms with Crippen LogP contribution in [0.3, 0.4) is 0 Å². The van der Waals surface area contributed by atoms with Crippen molar-refractivity contribution in [2.24, 2.45) is 7.05 Å². The molecule has 0 unspecified atom stereocenters. The Bertz CT molecular complexity index is 1090. The van der Waals surface area contributed by atoms with Crippen molar-refractivity contribution in [2.45, 2.75) is 6.42 Å². The highest BCUT2D eigenvalue weighted by atomic mass is 16.1. The molecule has 0 aliphatic carbocycles. The fourth-order valence-corrected chi connectivity index (χ4v) is 2.72. The van der Waals surface area contributed by atoms with E-state index in [1.54, 1.807) is 29.3 Å². The van der Waals surface area contributed by atoms with Crippen LogP contribution in [0.15, 0.2) is 72.0 Å². The van der Waals surface area contributed by atoms with Crippen molar-refractivity contribution in [2.75, 3.05) is 0 Å². The van der Waals surface area contributed by atoms with Crippen molar-refractivity contribution < 1.29 is 0 Å². The van der Waals surface area contributed by atoms with E-state index >= 15 is 0 Å². The minimum atomic E-state index is -0.229. The van der Waals surface area contributed by atoms with Crippen LogP contribution >= 0.6 is 0 Å². The number of benzene rings is 1. The normalized spacial score (nSPS) is 10.8. The van der Waals surface area contributed by atoms with Crippen LogP contribution in [0.5, 0.6) is 0 Å². The zero-order valence-electron chi connectivity index (χ0n) is 14.1. The summed E-state index contributed by atoms with van der Waals surface area (Å²) in [5.74, 6) is 0.248. The lowest BCUT2D eigenvalue weighted by Crippen LogP contribution is -2.27. The summed E-state index contributed by atoms with van der Waals surface area (Å²) in [5, 5.41) is 8.64. The number of aryl methyl sites for hydroxylation is 1. The van der Waals surface area contributed by atoms with Crippen LogP contribution in [0.2, 0.25) is 0 Å². The quantitative estimate of drug-likeness (QED) is 0.566. The van der Waals surface area contributed by atoms with Crippen LogP contribution in [0.1, 0.15) is 11.1 Å². The first-order valence-electron chi connectivity index (χ1n) is 8.14. The van der Waals surface area contributed by atoms with Crippen molar-refractivity contribution in [3.8, 4) is 17.2 Å². The number of nitrogens with zero attached hydrogens (tertiary/aromatic N) is 6. The summed E-state index contributed by atoms with van der Waals surface area (Å²) in [6.45, 7) is 0. The molecule has 0 saturated heterocycles. The molecule has 1 aromatic carbocycles. The molecule has 0 N–H and O–H groups in total. The zero-order valence-corrected chi connectivity index (χ0v) is 14.1. The van der Waals surface area contributed by atoms with E-state index in [1.807, 2.05) is 49.6 Å². The predicted octanol–water partition coefficient (Wildman–Crippen LogP) is 2.01. The highest BCUT2D eigenvalue weighted by Crippen LogP contribution is 2.17. The number of hydrogen-bond acceptors (Lipinski definition) is 5. The fraction of sp³-hybridized carbons (Fsp3) is 0.105. The molecule has 4 rings (SSSR count). The molecule has 0 saturated carbocycles. The summed E-state index contributed by atoms with van der Waals surface area (Å²) >= 11 is 0. The Morgan fingerprint density at radius 1 is 1.04 bits per heavy atom. The van der Waals surface area contributed by atoms with Crippen LogP contribution in [-0.4, -0.2) is 29.5 Å². The minimum absolute atomic E-state index is 0.229. The first kappa shape index (κ1) is 15.9. The molecule has 128 valence electrons. The van der Waals surface area contributed by atoms with Gasteiger partial charge in [-0.3, -0.25) is 9.48 Å². The predicted molar refractivity (Wildman–Crippen MR) is 96.9 cm³/mol. The van der Waals surface area contributed by atoms with Crippen LogP contribution in [0.25, 0.3) is 17.2 Å². The maximum absolute atomic E-state index is 13.0. The van der Waals surface area contributed by atoms with E-state index in [0.29, 0.717) is 17.7 Å². The summed E-state index contributed by atoms with van der Waals surface area (Å²) < 4.78 is 2.95. The van der Waals surface area contributed by atoms with Gasteiger partial charge in [0.25, 0.3) is 11.5 Å². The van der Waals surface area contributed by atoms with Crippen molar-refractivity contribution >= 4 is 0 Å². The maximum atomic E-state index is 13.0. The Kier molecular flexibility index (Phi) is 4.10. The topological polar surface area (TPSA) is 78.5 Å². The van der Waals surface area contributed by atoms with Gasteiger partial charge in [0.1, 0.15) is 0 Å². The van der Waals surface area contributed by atoms with E-state index in [-0.39, 0.29) is 11.5 Å². The molecular formula is C19H16N6O. The van der Waals surface area contributed by atoms with E-state index in [4.69, 9.17) is 0 Å². The van der Waals surface area contributed by atoms with Crippen molar-refractivity contribution in [3.05, 3.63) is 88.7 Å². The second kappa shape index (κ2) is 6.72. The lowest BCUT2D eigenvalue weighted by Gasteiger charge is -2.09. The van der Waals surface area contributed by atoms with Gasteiger partial charge in [-0.15, -0.1) is 0 Å². The third kappa shape index (κ3) is 3.14. The first-order chi connectivity index (χ1) is 12.7. The molecule has 0 aliphatic heterocycles. The fourth-order valence-electron chi connectivity index (χ4n) is 2.72. The van der Waals surface area contributed by atoms with Gasteiger partial charge < -0.3 is 0 Å². The monoisotopic (exact) mass is 344 g/mol. The Morgan fingerprint density at radius 2 is 1.81 bits per heavy atom. The standard InChI is InChI=1S/C19H16N6O/c1-24-13-16(12-22-24)17-11-15(10-14-6-3-2-4-7-14)18(26)25(23-17)19-20-8-5-9-21-19/h2-9,11-13H,10H2,1H3. The Morgan fingerprint density at radius 3 is 2.50 bits per heavy atom. The van der Waals surface area contributed by atoms with Gasteiger partial charge in [0.15, 0.2) is 0 Å². The Labute approximate surface area is 149 Å². The molecule has 0 radical (unpaired) electrons. The second-order valence-electron chi connectivity index (χ2n) is 5.89. The van der Waals surface area contributed by atoms with Gasteiger partial charge in [0, 0.05) is 43.2 Å². The Hall–Kier alpha value is -3.61. The number of hydrogen-bond donors (Lipinski definition) is 0. The summed E-state index contributed by atoms with van der Waals surface area (Å²) in [6.07, 6.45) is 7.25. The van der Waals surface area contributed by atoms with Gasteiger partial charge in [-0.1, -0.05) is 30.3 Å². The first-order valence-corrected chi connectivity index (χ1v) is 8.14. The van der Waals surface area contributed by atoms with Gasteiger partial charge in [0.2, 0.25) is 0 Å². The molecule has 0 fully saturated rings. The van der Waals surface area contributed by atoms with E-state index < -0.39 is 0 Å². The van der Waals surface area contributed by atoms with Crippen LogP contribution in [-0.2, 0) is 13.5 Å². The molecule has 0 aliphatic rings. The average Bonchev–Trinajstić information content (AvgIpc) is 3.11. The van der Waals surface area contributed by atoms with Crippen molar-refractivity contribution in [1.82, 2.24) is 29.5 Å². The van der Waals surface area contributed by atoms with Crippen LogP contribution in [0, 0.1) is 0 Å². The van der Waals surface area contributed by atoms with Gasteiger partial charge in [-0.25, -0.2) is 9.97 Å².